The number of halogens is 3. The van der Waals surface area contributed by atoms with Gasteiger partial charge in [-0.25, -0.2) is 14.6 Å². The second kappa shape index (κ2) is 6.08. The third-order valence-corrected chi connectivity index (χ3v) is 4.43. The van der Waals surface area contributed by atoms with Crippen molar-refractivity contribution in [2.45, 2.75) is 32.7 Å². The molecule has 126 valence electrons. The third kappa shape index (κ3) is 3.63. The van der Waals surface area contributed by atoms with Crippen LogP contribution in [0.25, 0.3) is 0 Å². The molecule has 0 spiro atoms. The first kappa shape index (κ1) is 16.2. The van der Waals surface area contributed by atoms with Crippen LogP contribution < -0.4 is 4.90 Å². The molecule has 0 N–H and O–H groups in total. The molecule has 1 unspecified atom stereocenters. The molecule has 0 radical (unpaired) electrons. The van der Waals surface area contributed by atoms with E-state index in [0.29, 0.717) is 37.2 Å². The van der Waals surface area contributed by atoms with E-state index < -0.39 is 11.9 Å². The number of thiazole rings is 1. The molecule has 2 aromatic rings. The highest BCUT2D eigenvalue weighted by Crippen LogP contribution is 2.33. The number of morpholine rings is 1. The minimum atomic E-state index is -4.41. The highest BCUT2D eigenvalue weighted by Gasteiger charge is 2.35. The minimum absolute atomic E-state index is 0.165. The highest BCUT2D eigenvalue weighted by molar-refractivity contribution is 7.13. The normalized spacial score (nSPS) is 19.3. The van der Waals surface area contributed by atoms with Gasteiger partial charge in [0.05, 0.1) is 19.3 Å². The molecule has 3 heterocycles. The molecule has 2 aromatic heterocycles. The molecule has 1 saturated heterocycles. The maximum absolute atomic E-state index is 12.7. The van der Waals surface area contributed by atoms with Crippen molar-refractivity contribution in [3.05, 3.63) is 22.7 Å². The Morgan fingerprint density at radius 2 is 2.13 bits per heavy atom. The summed E-state index contributed by atoms with van der Waals surface area (Å²) in [7, 11) is 0. The average Bonchev–Trinajstić information content (AvgIpc) is 3.06. The number of anilines is 1. The van der Waals surface area contributed by atoms with Crippen LogP contribution in [0.3, 0.4) is 0 Å². The predicted octanol–water partition coefficient (Wildman–Crippen LogP) is 2.28. The Kier molecular flexibility index (Phi) is 4.28. The maximum atomic E-state index is 12.7. The lowest BCUT2D eigenvalue weighted by molar-refractivity contribution is -0.140. The number of alkyl halides is 3. The van der Waals surface area contributed by atoms with Gasteiger partial charge < -0.3 is 9.64 Å². The van der Waals surface area contributed by atoms with Crippen molar-refractivity contribution in [2.75, 3.05) is 24.6 Å². The Labute approximate surface area is 134 Å². The predicted molar refractivity (Wildman–Crippen MR) is 78.6 cm³/mol. The summed E-state index contributed by atoms with van der Waals surface area (Å²) in [6.45, 7) is 5.63. The quantitative estimate of drug-likeness (QED) is 0.853. The van der Waals surface area contributed by atoms with Gasteiger partial charge in [0.2, 0.25) is 0 Å². The largest absolute Gasteiger partial charge is 0.434 e. The van der Waals surface area contributed by atoms with Crippen LogP contribution in [0.5, 0.6) is 0 Å². The summed E-state index contributed by atoms with van der Waals surface area (Å²) in [5.74, 6) is 1.47. The van der Waals surface area contributed by atoms with Crippen LogP contribution in [-0.2, 0) is 17.5 Å². The molecular formula is C13H16F3N5OS. The summed E-state index contributed by atoms with van der Waals surface area (Å²) in [6, 6.07) is 0. The lowest BCUT2D eigenvalue weighted by Gasteiger charge is -2.32. The summed E-state index contributed by atoms with van der Waals surface area (Å²) in [5.41, 5.74) is -0.844. The van der Waals surface area contributed by atoms with E-state index in [-0.39, 0.29) is 6.10 Å². The second-order valence-corrected chi connectivity index (χ2v) is 6.18. The van der Waals surface area contributed by atoms with Gasteiger partial charge in [-0.05, 0) is 13.8 Å². The number of rotatable bonds is 3. The van der Waals surface area contributed by atoms with Crippen LogP contribution in [0.1, 0.15) is 17.3 Å². The average molecular weight is 347 g/mol. The Morgan fingerprint density at radius 3 is 2.74 bits per heavy atom. The molecule has 1 fully saturated rings. The molecule has 0 saturated carbocycles. The van der Waals surface area contributed by atoms with Gasteiger partial charge in [0.1, 0.15) is 11.6 Å². The lowest BCUT2D eigenvalue weighted by atomic mass is 10.3. The van der Waals surface area contributed by atoms with Crippen LogP contribution in [-0.4, -0.2) is 45.5 Å². The van der Waals surface area contributed by atoms with Crippen LogP contribution >= 0.6 is 11.3 Å². The van der Waals surface area contributed by atoms with Crippen molar-refractivity contribution in [2.24, 2.45) is 0 Å². The first-order chi connectivity index (χ1) is 10.8. The zero-order valence-corrected chi connectivity index (χ0v) is 13.5. The molecule has 1 aliphatic rings. The Hall–Kier alpha value is -1.68. The first-order valence-corrected chi connectivity index (χ1v) is 7.98. The summed E-state index contributed by atoms with van der Waals surface area (Å²) in [5, 5.41) is 5.70. The zero-order chi connectivity index (χ0) is 16.6. The van der Waals surface area contributed by atoms with E-state index in [0.717, 1.165) is 22.5 Å². The molecule has 1 aliphatic heterocycles. The molecule has 23 heavy (non-hydrogen) atoms. The molecule has 0 aromatic carbocycles. The maximum Gasteiger partial charge on any atom is 0.434 e. The fraction of sp³-hybridized carbons (Fsp3) is 0.615. The van der Waals surface area contributed by atoms with E-state index in [1.807, 2.05) is 18.7 Å². The van der Waals surface area contributed by atoms with Gasteiger partial charge in [0.25, 0.3) is 0 Å². The first-order valence-electron chi connectivity index (χ1n) is 7.10. The summed E-state index contributed by atoms with van der Waals surface area (Å²) < 4.78 is 45.4. The Balaban J connectivity index is 1.68. The molecule has 6 nitrogen and oxygen atoms in total. The SMILES string of the molecule is Cc1nc(C)n(CC2CN(c3nc(C(F)(F)F)cs3)CCO2)n1. The van der Waals surface area contributed by atoms with Crippen LogP contribution in [0, 0.1) is 13.8 Å². The number of hydrogen-bond donors (Lipinski definition) is 0. The zero-order valence-electron chi connectivity index (χ0n) is 12.7. The fourth-order valence-electron chi connectivity index (χ4n) is 2.47. The van der Waals surface area contributed by atoms with E-state index in [1.54, 1.807) is 4.68 Å². The van der Waals surface area contributed by atoms with Gasteiger partial charge in [-0.1, -0.05) is 0 Å². The topological polar surface area (TPSA) is 56.1 Å². The Bertz CT molecular complexity index is 683. The fourth-order valence-corrected chi connectivity index (χ4v) is 3.34. The number of aromatic nitrogens is 4. The number of hydrogen-bond acceptors (Lipinski definition) is 6. The Morgan fingerprint density at radius 1 is 1.35 bits per heavy atom. The second-order valence-electron chi connectivity index (χ2n) is 5.34. The molecule has 3 rings (SSSR count). The van der Waals surface area contributed by atoms with Crippen LogP contribution in [0.4, 0.5) is 18.3 Å². The van der Waals surface area contributed by atoms with Crippen molar-refractivity contribution in [1.82, 2.24) is 19.7 Å². The molecule has 1 atom stereocenters. The van der Waals surface area contributed by atoms with Gasteiger partial charge in [-0.3, -0.25) is 0 Å². The monoisotopic (exact) mass is 347 g/mol. The van der Waals surface area contributed by atoms with Gasteiger partial charge in [0, 0.05) is 18.5 Å². The van der Waals surface area contributed by atoms with Crippen molar-refractivity contribution >= 4 is 16.5 Å². The summed E-state index contributed by atoms with van der Waals surface area (Å²) in [6.07, 6.45) is -4.57. The highest BCUT2D eigenvalue weighted by atomic mass is 32.1. The molecular weight excluding hydrogens is 331 g/mol. The van der Waals surface area contributed by atoms with E-state index in [4.69, 9.17) is 4.74 Å². The number of aryl methyl sites for hydroxylation is 2. The van der Waals surface area contributed by atoms with Gasteiger partial charge in [0.15, 0.2) is 10.8 Å². The third-order valence-electron chi connectivity index (χ3n) is 3.53. The van der Waals surface area contributed by atoms with Gasteiger partial charge in [-0.15, -0.1) is 11.3 Å². The molecule has 0 aliphatic carbocycles. The van der Waals surface area contributed by atoms with E-state index in [2.05, 4.69) is 15.1 Å². The van der Waals surface area contributed by atoms with E-state index in [9.17, 15) is 13.2 Å². The van der Waals surface area contributed by atoms with Crippen molar-refractivity contribution in [3.63, 3.8) is 0 Å². The van der Waals surface area contributed by atoms with E-state index >= 15 is 0 Å². The van der Waals surface area contributed by atoms with Crippen LogP contribution in [0.15, 0.2) is 5.38 Å². The van der Waals surface area contributed by atoms with E-state index in [1.165, 1.54) is 0 Å². The van der Waals surface area contributed by atoms with Crippen molar-refractivity contribution in [3.8, 4) is 0 Å². The van der Waals surface area contributed by atoms with Crippen molar-refractivity contribution in [1.29, 1.82) is 0 Å². The van der Waals surface area contributed by atoms with Crippen LogP contribution in [0.2, 0.25) is 0 Å². The standard InChI is InChI=1S/C13H16F3N5OS/c1-8-17-9(2)21(19-8)6-10-5-20(3-4-22-10)12-18-11(7-23-12)13(14,15)16/h7,10H,3-6H2,1-2H3. The smallest absolute Gasteiger partial charge is 0.373 e. The lowest BCUT2D eigenvalue weighted by Crippen LogP contribution is -2.44. The number of nitrogens with zero attached hydrogens (tertiary/aromatic N) is 5. The summed E-state index contributed by atoms with van der Waals surface area (Å²) >= 11 is 1.00. The molecule has 0 bridgehead atoms. The van der Waals surface area contributed by atoms with Gasteiger partial charge >= 0.3 is 6.18 Å². The molecule has 10 heteroatoms. The summed E-state index contributed by atoms with van der Waals surface area (Å²) in [4.78, 5) is 9.76. The number of ether oxygens (including phenoxy) is 1. The van der Waals surface area contributed by atoms with Gasteiger partial charge in [-0.2, -0.15) is 18.3 Å². The minimum Gasteiger partial charge on any atom is -0.373 e. The molecule has 0 amide bonds. The van der Waals surface area contributed by atoms with Crippen molar-refractivity contribution < 1.29 is 17.9 Å².